The first-order valence-electron chi connectivity index (χ1n) is 20.3. The summed E-state index contributed by atoms with van der Waals surface area (Å²) in [5.74, 6) is 0.899. The first kappa shape index (κ1) is 47.6. The first-order valence-corrected chi connectivity index (χ1v) is 25.8. The van der Waals surface area contributed by atoms with Gasteiger partial charge < -0.3 is 9.47 Å². The van der Waals surface area contributed by atoms with Crippen LogP contribution in [-0.4, -0.2) is 75.0 Å². The standard InChI is InChI=1S/2C22H23ClFN3O3S2/c2*1-15-13-27(14-16-4-2-3-5-19(16)24)10-8-20(15)30-21-7-6-17(12-18(21)23)32(28,29)26-22-25-9-11-31-22/h2*2-7,9,11-12,15,20H,8,10,13-14H2,1H3,(H,25,26)/t15-,20+;15-,20-/m01/s1. The van der Waals surface area contributed by atoms with Crippen molar-refractivity contribution in [2.24, 2.45) is 11.8 Å². The predicted molar refractivity (Wildman–Crippen MR) is 248 cm³/mol. The summed E-state index contributed by atoms with van der Waals surface area (Å²) in [5, 5.41) is 4.41. The van der Waals surface area contributed by atoms with E-state index in [0.29, 0.717) is 35.7 Å². The van der Waals surface area contributed by atoms with Gasteiger partial charge in [0.25, 0.3) is 20.0 Å². The Bertz CT molecular complexity index is 2540. The van der Waals surface area contributed by atoms with Crippen LogP contribution in [0.3, 0.4) is 0 Å². The number of likely N-dealkylation sites (tertiary alicyclic amines) is 2. The van der Waals surface area contributed by atoms with Crippen LogP contribution in [0.4, 0.5) is 19.0 Å². The van der Waals surface area contributed by atoms with Gasteiger partial charge >= 0.3 is 0 Å². The van der Waals surface area contributed by atoms with Gasteiger partial charge in [-0.25, -0.2) is 35.6 Å². The van der Waals surface area contributed by atoms with E-state index in [1.54, 1.807) is 47.2 Å². The Labute approximate surface area is 390 Å². The molecule has 6 aromatic rings. The van der Waals surface area contributed by atoms with Gasteiger partial charge in [-0.2, -0.15) is 0 Å². The van der Waals surface area contributed by atoms with Gasteiger partial charge in [-0.15, -0.1) is 22.7 Å². The molecule has 2 fully saturated rings. The summed E-state index contributed by atoms with van der Waals surface area (Å²) in [7, 11) is -7.57. The van der Waals surface area contributed by atoms with E-state index >= 15 is 0 Å². The van der Waals surface area contributed by atoms with E-state index in [9.17, 15) is 25.6 Å². The van der Waals surface area contributed by atoms with Gasteiger partial charge in [-0.3, -0.25) is 19.2 Å². The number of nitrogens with zero attached hydrogens (tertiary/aromatic N) is 4. The van der Waals surface area contributed by atoms with Crippen molar-refractivity contribution < 1.29 is 35.1 Å². The van der Waals surface area contributed by atoms with Crippen molar-refractivity contribution in [2.75, 3.05) is 35.6 Å². The van der Waals surface area contributed by atoms with Crippen LogP contribution in [0.1, 0.15) is 37.8 Å². The van der Waals surface area contributed by atoms with Crippen molar-refractivity contribution in [3.8, 4) is 11.5 Å². The lowest BCUT2D eigenvalue weighted by Gasteiger charge is -2.37. The second kappa shape index (κ2) is 21.3. The molecule has 8 rings (SSSR count). The summed E-state index contributed by atoms with van der Waals surface area (Å²) in [6.45, 7) is 8.36. The molecule has 0 unspecified atom stereocenters. The maximum Gasteiger partial charge on any atom is 0.263 e. The summed E-state index contributed by atoms with van der Waals surface area (Å²) < 4.78 is 95.2. The van der Waals surface area contributed by atoms with Gasteiger partial charge in [0.2, 0.25) is 0 Å². The van der Waals surface area contributed by atoms with Gasteiger partial charge in [0.1, 0.15) is 35.3 Å². The number of halogens is 4. The van der Waals surface area contributed by atoms with Crippen molar-refractivity contribution in [1.82, 2.24) is 19.8 Å². The minimum absolute atomic E-state index is 0.0396. The highest BCUT2D eigenvalue weighted by molar-refractivity contribution is 7.93. The molecular formula is C44H46Cl2F2N6O6S4. The zero-order valence-corrected chi connectivity index (χ0v) is 39.5. The molecule has 4 aromatic carbocycles. The van der Waals surface area contributed by atoms with Gasteiger partial charge in [-0.05, 0) is 61.4 Å². The minimum atomic E-state index is -3.79. The first-order chi connectivity index (χ1) is 30.6. The Morgan fingerprint density at radius 2 is 1.06 bits per heavy atom. The fourth-order valence-electron chi connectivity index (χ4n) is 7.50. The Balaban J connectivity index is 0.000000191. The van der Waals surface area contributed by atoms with Gasteiger partial charge in [0.15, 0.2) is 10.3 Å². The third-order valence-corrected chi connectivity index (χ3v) is 15.7. The summed E-state index contributed by atoms with van der Waals surface area (Å²) in [6, 6.07) is 22.5. The van der Waals surface area contributed by atoms with Crippen LogP contribution in [0.25, 0.3) is 0 Å². The normalized spacial score (nSPS) is 19.6. The Morgan fingerprint density at radius 1 is 0.656 bits per heavy atom. The highest BCUT2D eigenvalue weighted by atomic mass is 35.5. The summed E-state index contributed by atoms with van der Waals surface area (Å²) in [5.41, 5.74) is 1.37. The number of benzene rings is 4. The average Bonchev–Trinajstić information content (AvgIpc) is 3.97. The second-order valence-corrected chi connectivity index (χ2v) is 21.5. The maximum atomic E-state index is 14.0. The fourth-order valence-corrected chi connectivity index (χ4v) is 11.7. The van der Waals surface area contributed by atoms with Crippen molar-refractivity contribution in [3.63, 3.8) is 0 Å². The molecule has 340 valence electrons. The quantitative estimate of drug-likeness (QED) is 0.108. The number of thiazole rings is 2. The molecule has 12 nitrogen and oxygen atoms in total. The van der Waals surface area contributed by atoms with Crippen LogP contribution in [0, 0.1) is 23.5 Å². The number of hydrogen-bond donors (Lipinski definition) is 2. The summed E-state index contributed by atoms with van der Waals surface area (Å²) >= 11 is 15.1. The Kier molecular flexibility index (Phi) is 15.8. The van der Waals surface area contributed by atoms with Crippen LogP contribution >= 0.6 is 45.9 Å². The molecule has 64 heavy (non-hydrogen) atoms. The van der Waals surface area contributed by atoms with Crippen LogP contribution in [0.2, 0.25) is 10.0 Å². The van der Waals surface area contributed by atoms with Crippen molar-refractivity contribution in [1.29, 1.82) is 0 Å². The molecule has 0 bridgehead atoms. The third kappa shape index (κ3) is 12.5. The van der Waals surface area contributed by atoms with E-state index in [0.717, 1.165) is 39.0 Å². The lowest BCUT2D eigenvalue weighted by Crippen LogP contribution is -2.44. The van der Waals surface area contributed by atoms with Crippen LogP contribution < -0.4 is 18.9 Å². The van der Waals surface area contributed by atoms with Gasteiger partial charge in [0.05, 0.1) is 19.8 Å². The number of anilines is 2. The third-order valence-electron chi connectivity index (χ3n) is 10.8. The van der Waals surface area contributed by atoms with Crippen molar-refractivity contribution in [2.45, 2.75) is 61.8 Å². The molecule has 2 aliphatic heterocycles. The monoisotopic (exact) mass is 990 g/mol. The van der Waals surface area contributed by atoms with Crippen LogP contribution in [0.15, 0.2) is 118 Å². The van der Waals surface area contributed by atoms with Crippen molar-refractivity contribution in [3.05, 3.63) is 141 Å². The molecule has 0 radical (unpaired) electrons. The van der Waals surface area contributed by atoms with E-state index in [2.05, 4.69) is 43.1 Å². The number of aromatic nitrogens is 2. The summed E-state index contributed by atoms with van der Waals surface area (Å²) in [6.07, 6.45) is 4.43. The van der Waals surface area contributed by atoms with Crippen LogP contribution in [0.5, 0.6) is 11.5 Å². The average molecular weight is 992 g/mol. The predicted octanol–water partition coefficient (Wildman–Crippen LogP) is 10.1. The molecule has 0 aliphatic carbocycles. The van der Waals surface area contributed by atoms with Crippen molar-refractivity contribution >= 4 is 76.2 Å². The number of hydrogen-bond acceptors (Lipinski definition) is 12. The van der Waals surface area contributed by atoms with Gasteiger partial charge in [-0.1, -0.05) is 73.4 Å². The molecule has 0 amide bonds. The minimum Gasteiger partial charge on any atom is -0.488 e. The largest absolute Gasteiger partial charge is 0.488 e. The molecule has 4 atom stereocenters. The van der Waals surface area contributed by atoms with E-state index in [1.165, 1.54) is 71.5 Å². The number of piperidine rings is 2. The lowest BCUT2D eigenvalue weighted by molar-refractivity contribution is 0.0486. The smallest absolute Gasteiger partial charge is 0.263 e. The van der Waals surface area contributed by atoms with E-state index < -0.39 is 20.0 Å². The molecule has 2 aromatic heterocycles. The number of ether oxygens (including phenoxy) is 2. The zero-order valence-electron chi connectivity index (χ0n) is 34.7. The Morgan fingerprint density at radius 3 is 1.41 bits per heavy atom. The van der Waals surface area contributed by atoms with Crippen LogP contribution in [-0.2, 0) is 33.1 Å². The fraction of sp³-hybridized carbons (Fsp3) is 0.318. The summed E-state index contributed by atoms with van der Waals surface area (Å²) in [4.78, 5) is 12.4. The molecule has 2 saturated heterocycles. The van der Waals surface area contributed by atoms with E-state index in [4.69, 9.17) is 32.7 Å². The SMILES string of the molecule is C[C@@H]1CN(Cc2ccccc2F)CC[C@H]1Oc1ccc(S(=O)(=O)Nc2nccs2)cc1Cl.C[C@H]1CN(Cc2ccccc2F)CC[C@H]1Oc1ccc(S(=O)(=O)Nc2nccs2)cc1Cl. The molecular weight excluding hydrogens is 946 g/mol. The number of sulfonamides is 2. The molecule has 0 saturated carbocycles. The Hall–Kier alpha value is -4.40. The number of nitrogens with one attached hydrogen (secondary N) is 2. The van der Waals surface area contributed by atoms with Gasteiger partial charge in [0, 0.05) is 85.4 Å². The topological polar surface area (TPSA) is 143 Å². The molecule has 0 spiro atoms. The maximum absolute atomic E-state index is 14.0. The van der Waals surface area contributed by atoms with E-state index in [1.807, 2.05) is 12.1 Å². The van der Waals surface area contributed by atoms with E-state index in [-0.39, 0.29) is 65.8 Å². The molecule has 4 heterocycles. The highest BCUT2D eigenvalue weighted by Crippen LogP contribution is 2.34. The lowest BCUT2D eigenvalue weighted by atomic mass is 9.96. The zero-order chi connectivity index (χ0) is 45.4. The molecule has 2 aliphatic rings. The number of rotatable bonds is 14. The molecule has 20 heteroatoms. The second-order valence-electron chi connectivity index (χ2n) is 15.6. The highest BCUT2D eigenvalue weighted by Gasteiger charge is 2.31. The molecule has 2 N–H and O–H groups in total.